The number of fused-ring (bicyclic) bond motifs is 1. The Hall–Kier alpha value is -2.12. The van der Waals surface area contributed by atoms with Gasteiger partial charge < -0.3 is 14.8 Å². The Labute approximate surface area is 138 Å². The van der Waals surface area contributed by atoms with Gasteiger partial charge in [-0.1, -0.05) is 23.5 Å². The largest absolute Gasteiger partial charge is 0.490 e. The zero-order valence-corrected chi connectivity index (χ0v) is 13.9. The van der Waals surface area contributed by atoms with Crippen molar-refractivity contribution in [1.29, 1.82) is 0 Å². The van der Waals surface area contributed by atoms with Crippen LogP contribution >= 0.6 is 11.3 Å². The molecule has 6 nitrogen and oxygen atoms in total. The first-order valence-corrected chi connectivity index (χ1v) is 8.22. The number of urea groups is 1. The van der Waals surface area contributed by atoms with E-state index in [4.69, 9.17) is 9.47 Å². The molecule has 3 rings (SSSR count). The van der Waals surface area contributed by atoms with E-state index in [9.17, 15) is 4.79 Å². The highest BCUT2D eigenvalue weighted by atomic mass is 32.1. The number of rotatable bonds is 5. The fourth-order valence-electron chi connectivity index (χ4n) is 2.48. The molecular weight excluding hydrogens is 314 g/mol. The number of benzene rings is 1. The van der Waals surface area contributed by atoms with Crippen molar-refractivity contribution in [1.82, 2.24) is 10.3 Å². The van der Waals surface area contributed by atoms with E-state index in [1.165, 1.54) is 16.9 Å². The standard InChI is InChI=1S/C16H19N3O3S/c1-10-5-12-6-11(3-4-14(12)22-10)7-17-15(20)19-16-18-8-13(23-16)9-21-2/h3-4,6,8,10H,5,7,9H2,1-2H3,(H2,17,18,19,20). The van der Waals surface area contributed by atoms with Gasteiger partial charge in [0.05, 0.1) is 11.5 Å². The van der Waals surface area contributed by atoms with Gasteiger partial charge in [-0.25, -0.2) is 9.78 Å². The summed E-state index contributed by atoms with van der Waals surface area (Å²) in [6.07, 6.45) is 2.84. The number of aromatic nitrogens is 1. The minimum Gasteiger partial charge on any atom is -0.490 e. The van der Waals surface area contributed by atoms with Gasteiger partial charge >= 0.3 is 6.03 Å². The fraction of sp³-hybridized carbons (Fsp3) is 0.375. The Morgan fingerprint density at radius 1 is 1.52 bits per heavy atom. The Bertz CT molecular complexity index is 702. The summed E-state index contributed by atoms with van der Waals surface area (Å²) in [6, 6.07) is 5.75. The highest BCUT2D eigenvalue weighted by Gasteiger charge is 2.18. The van der Waals surface area contributed by atoms with E-state index in [0.29, 0.717) is 18.3 Å². The lowest BCUT2D eigenvalue weighted by molar-refractivity contribution is 0.187. The van der Waals surface area contributed by atoms with Gasteiger partial charge in [-0.2, -0.15) is 0 Å². The topological polar surface area (TPSA) is 72.5 Å². The van der Waals surface area contributed by atoms with Gasteiger partial charge in [-0.3, -0.25) is 5.32 Å². The second-order valence-corrected chi connectivity index (χ2v) is 6.56. The van der Waals surface area contributed by atoms with Gasteiger partial charge in [0.2, 0.25) is 0 Å². The van der Waals surface area contributed by atoms with Crippen molar-refractivity contribution in [3.8, 4) is 5.75 Å². The molecule has 1 aromatic heterocycles. The van der Waals surface area contributed by atoms with Gasteiger partial charge in [0.1, 0.15) is 11.9 Å². The highest BCUT2D eigenvalue weighted by molar-refractivity contribution is 7.15. The molecule has 0 saturated heterocycles. The van der Waals surface area contributed by atoms with Crippen molar-refractivity contribution >= 4 is 22.5 Å². The van der Waals surface area contributed by atoms with Crippen molar-refractivity contribution in [3.05, 3.63) is 40.4 Å². The van der Waals surface area contributed by atoms with Crippen molar-refractivity contribution in [2.24, 2.45) is 0 Å². The molecule has 1 atom stereocenters. The Morgan fingerprint density at radius 3 is 3.22 bits per heavy atom. The van der Waals surface area contributed by atoms with Crippen LogP contribution in [0.3, 0.4) is 0 Å². The van der Waals surface area contributed by atoms with Crippen LogP contribution in [0.2, 0.25) is 0 Å². The van der Waals surface area contributed by atoms with Crippen LogP contribution in [0.25, 0.3) is 0 Å². The number of hydrogen-bond acceptors (Lipinski definition) is 5. The van der Waals surface area contributed by atoms with Crippen LogP contribution in [0, 0.1) is 0 Å². The summed E-state index contributed by atoms with van der Waals surface area (Å²) in [7, 11) is 1.63. The molecule has 7 heteroatoms. The van der Waals surface area contributed by atoms with E-state index in [2.05, 4.69) is 28.6 Å². The normalized spacial score (nSPS) is 15.8. The lowest BCUT2D eigenvalue weighted by Gasteiger charge is -2.07. The molecule has 1 aliphatic rings. The Morgan fingerprint density at radius 2 is 2.39 bits per heavy atom. The summed E-state index contributed by atoms with van der Waals surface area (Å²) in [5, 5.41) is 6.12. The first-order valence-electron chi connectivity index (χ1n) is 7.41. The number of methoxy groups -OCH3 is 1. The highest BCUT2D eigenvalue weighted by Crippen LogP contribution is 2.29. The van der Waals surface area contributed by atoms with Gasteiger partial charge in [0.15, 0.2) is 5.13 Å². The van der Waals surface area contributed by atoms with E-state index in [-0.39, 0.29) is 12.1 Å². The number of amides is 2. The molecule has 1 aliphatic heterocycles. The molecule has 2 aromatic rings. The zero-order valence-electron chi connectivity index (χ0n) is 13.1. The number of nitrogens with zero attached hydrogens (tertiary/aromatic N) is 1. The molecule has 0 saturated carbocycles. The second-order valence-electron chi connectivity index (χ2n) is 5.45. The summed E-state index contributed by atoms with van der Waals surface area (Å²) < 4.78 is 10.7. The Balaban J connectivity index is 1.52. The Kier molecular flexibility index (Phi) is 4.78. The van der Waals surface area contributed by atoms with Gasteiger partial charge in [0.25, 0.3) is 0 Å². The molecule has 0 spiro atoms. The third-order valence-electron chi connectivity index (χ3n) is 3.47. The van der Waals surface area contributed by atoms with Gasteiger partial charge in [-0.05, 0) is 24.1 Å². The second kappa shape index (κ2) is 6.97. The third kappa shape index (κ3) is 4.00. The number of thiazole rings is 1. The van der Waals surface area contributed by atoms with E-state index < -0.39 is 0 Å². The van der Waals surface area contributed by atoms with Gasteiger partial charge in [0, 0.05) is 26.3 Å². The molecule has 0 radical (unpaired) electrons. The van der Waals surface area contributed by atoms with Crippen molar-refractivity contribution in [2.75, 3.05) is 12.4 Å². The summed E-state index contributed by atoms with van der Waals surface area (Å²) in [6.45, 7) is 3.01. The molecule has 2 amide bonds. The zero-order chi connectivity index (χ0) is 16.2. The van der Waals surface area contributed by atoms with E-state index in [1.807, 2.05) is 12.1 Å². The summed E-state index contributed by atoms with van der Waals surface area (Å²) in [4.78, 5) is 17.0. The molecular formula is C16H19N3O3S. The molecule has 1 unspecified atom stereocenters. The number of carbonyl (C=O) groups is 1. The monoisotopic (exact) mass is 333 g/mol. The maximum atomic E-state index is 11.9. The summed E-state index contributed by atoms with van der Waals surface area (Å²) >= 11 is 1.40. The van der Waals surface area contributed by atoms with Crippen LogP contribution in [0.5, 0.6) is 5.75 Å². The molecule has 1 aromatic carbocycles. The van der Waals surface area contributed by atoms with Crippen LogP contribution in [-0.2, 0) is 24.3 Å². The van der Waals surface area contributed by atoms with Crippen LogP contribution in [0.15, 0.2) is 24.4 Å². The maximum Gasteiger partial charge on any atom is 0.321 e. The molecule has 122 valence electrons. The van der Waals surface area contributed by atoms with Crippen molar-refractivity contribution < 1.29 is 14.3 Å². The molecule has 23 heavy (non-hydrogen) atoms. The first kappa shape index (κ1) is 15.8. The van der Waals surface area contributed by atoms with E-state index in [1.54, 1.807) is 13.3 Å². The van der Waals surface area contributed by atoms with Crippen molar-refractivity contribution in [2.45, 2.75) is 32.6 Å². The van der Waals surface area contributed by atoms with Crippen LogP contribution in [-0.4, -0.2) is 24.2 Å². The SMILES string of the molecule is COCc1cnc(NC(=O)NCc2ccc3c(c2)CC(C)O3)s1. The van der Waals surface area contributed by atoms with Crippen LogP contribution in [0.1, 0.15) is 22.9 Å². The summed E-state index contributed by atoms with van der Waals surface area (Å²) in [5.74, 6) is 0.944. The number of ether oxygens (including phenoxy) is 2. The fourth-order valence-corrected chi connectivity index (χ4v) is 3.26. The number of hydrogen-bond donors (Lipinski definition) is 2. The smallest absolute Gasteiger partial charge is 0.321 e. The van der Waals surface area contributed by atoms with Gasteiger partial charge in [-0.15, -0.1) is 0 Å². The predicted octanol–water partition coefficient (Wildman–Crippen LogP) is 2.93. The molecule has 0 fully saturated rings. The molecule has 2 heterocycles. The minimum absolute atomic E-state index is 0.225. The number of anilines is 1. The molecule has 0 bridgehead atoms. The number of nitrogens with one attached hydrogen (secondary N) is 2. The lowest BCUT2D eigenvalue weighted by atomic mass is 10.1. The minimum atomic E-state index is -0.270. The lowest BCUT2D eigenvalue weighted by Crippen LogP contribution is -2.28. The number of carbonyl (C=O) groups excluding carboxylic acids is 1. The third-order valence-corrected chi connectivity index (χ3v) is 4.36. The van der Waals surface area contributed by atoms with Crippen LogP contribution in [0.4, 0.5) is 9.93 Å². The van der Waals surface area contributed by atoms with Crippen LogP contribution < -0.4 is 15.4 Å². The maximum absolute atomic E-state index is 11.9. The average molecular weight is 333 g/mol. The quantitative estimate of drug-likeness (QED) is 0.882. The van der Waals surface area contributed by atoms with E-state index >= 15 is 0 Å². The first-order chi connectivity index (χ1) is 11.1. The average Bonchev–Trinajstić information content (AvgIpc) is 3.10. The van der Waals surface area contributed by atoms with E-state index in [0.717, 1.165) is 22.6 Å². The summed E-state index contributed by atoms with van der Waals surface area (Å²) in [5.41, 5.74) is 2.25. The molecule has 2 N–H and O–H groups in total. The predicted molar refractivity (Wildman–Crippen MR) is 88.9 cm³/mol. The van der Waals surface area contributed by atoms with Crippen molar-refractivity contribution in [3.63, 3.8) is 0 Å². The molecule has 0 aliphatic carbocycles.